The van der Waals surface area contributed by atoms with Crippen molar-refractivity contribution in [1.82, 2.24) is 0 Å². The standard InChI is InChI=1S/C6H14.Ga.3H/c1-5(2)6(3)4;;;;/h5-6H,1-4H3;;;;. The molecule has 0 rings (SSSR count). The van der Waals surface area contributed by atoms with Crippen LogP contribution in [0.15, 0.2) is 0 Å². The molecule has 0 bridgehead atoms. The van der Waals surface area contributed by atoms with Gasteiger partial charge in [-0.25, -0.2) is 0 Å². The first-order valence-electron chi connectivity index (χ1n) is 2.64. The SMILES string of the molecule is CC(C)C(C)C.[GaH3]. The summed E-state index contributed by atoms with van der Waals surface area (Å²) in [6.07, 6.45) is 0. The quantitative estimate of drug-likeness (QED) is 0.502. The predicted molar refractivity (Wildman–Crippen MR) is 39.6 cm³/mol. The van der Waals surface area contributed by atoms with Crippen molar-refractivity contribution < 1.29 is 0 Å². The van der Waals surface area contributed by atoms with Crippen molar-refractivity contribution in [1.29, 1.82) is 0 Å². The predicted octanol–water partition coefficient (Wildman–Crippen LogP) is 1.11. The molecule has 0 saturated carbocycles. The van der Waals surface area contributed by atoms with Gasteiger partial charge in [0.05, 0.1) is 0 Å². The average molecular weight is 159 g/mol. The summed E-state index contributed by atoms with van der Waals surface area (Å²) < 4.78 is 0. The van der Waals surface area contributed by atoms with Crippen molar-refractivity contribution in [3.8, 4) is 0 Å². The zero-order valence-corrected chi connectivity index (χ0v) is 5.15. The molecule has 0 spiro atoms. The van der Waals surface area contributed by atoms with Gasteiger partial charge in [0, 0.05) is 0 Å². The van der Waals surface area contributed by atoms with Gasteiger partial charge in [-0.2, -0.15) is 0 Å². The van der Waals surface area contributed by atoms with E-state index >= 15 is 0 Å². The van der Waals surface area contributed by atoms with Crippen LogP contribution in [-0.4, -0.2) is 19.8 Å². The van der Waals surface area contributed by atoms with E-state index in [4.69, 9.17) is 0 Å². The van der Waals surface area contributed by atoms with Crippen LogP contribution >= 0.6 is 0 Å². The third-order valence-electron chi connectivity index (χ3n) is 1.33. The molecule has 0 amide bonds. The molecule has 0 fully saturated rings. The zero-order chi connectivity index (χ0) is 5.15. The van der Waals surface area contributed by atoms with Gasteiger partial charge in [0.15, 0.2) is 0 Å². The van der Waals surface area contributed by atoms with Crippen molar-refractivity contribution in [2.45, 2.75) is 27.7 Å². The molecule has 0 unspecified atom stereocenters. The van der Waals surface area contributed by atoms with Crippen molar-refractivity contribution in [2.24, 2.45) is 11.8 Å². The summed E-state index contributed by atoms with van der Waals surface area (Å²) in [6, 6.07) is 0. The minimum absolute atomic E-state index is 0. The summed E-state index contributed by atoms with van der Waals surface area (Å²) in [6.45, 7) is 8.96. The average Bonchev–Trinajstić information content (AvgIpc) is 1.36. The van der Waals surface area contributed by atoms with Crippen molar-refractivity contribution in [3.05, 3.63) is 0 Å². The fourth-order valence-electron chi connectivity index (χ4n) is 0. The Labute approximate surface area is 59.7 Å². The molecular weight excluding hydrogens is 142 g/mol. The first-order chi connectivity index (χ1) is 2.64. The summed E-state index contributed by atoms with van der Waals surface area (Å²) in [5.74, 6) is 1.70. The van der Waals surface area contributed by atoms with E-state index < -0.39 is 0 Å². The van der Waals surface area contributed by atoms with E-state index in [1.165, 1.54) is 0 Å². The molecule has 0 aliphatic rings. The molecule has 0 aliphatic carbocycles. The molecule has 0 aromatic heterocycles. The fraction of sp³-hybridized carbons (Fsp3) is 1.00. The topological polar surface area (TPSA) is 0 Å². The van der Waals surface area contributed by atoms with Crippen LogP contribution in [-0.2, 0) is 0 Å². The van der Waals surface area contributed by atoms with Crippen LogP contribution in [0.2, 0.25) is 0 Å². The Morgan fingerprint density at radius 1 is 0.714 bits per heavy atom. The van der Waals surface area contributed by atoms with Crippen molar-refractivity contribution >= 4 is 19.8 Å². The Hall–Kier alpha value is 0.636. The Balaban J connectivity index is 0. The van der Waals surface area contributed by atoms with Gasteiger partial charge >= 0.3 is 19.8 Å². The molecule has 0 radical (unpaired) electrons. The van der Waals surface area contributed by atoms with Crippen LogP contribution in [0.5, 0.6) is 0 Å². The third-order valence-corrected chi connectivity index (χ3v) is 1.33. The molecule has 44 valence electrons. The molecule has 0 aromatic carbocycles. The van der Waals surface area contributed by atoms with Gasteiger partial charge in [-0.3, -0.25) is 0 Å². The molecule has 0 atom stereocenters. The molecule has 0 nitrogen and oxygen atoms in total. The minimum atomic E-state index is 0. The van der Waals surface area contributed by atoms with Gasteiger partial charge in [-0.05, 0) is 11.8 Å². The number of hydrogen-bond donors (Lipinski definition) is 0. The van der Waals surface area contributed by atoms with Crippen LogP contribution in [0.25, 0.3) is 0 Å². The second-order valence-corrected chi connectivity index (χ2v) is 2.49. The van der Waals surface area contributed by atoms with Crippen LogP contribution in [0.1, 0.15) is 27.7 Å². The Kier molecular flexibility index (Phi) is 7.24. The first-order valence-corrected chi connectivity index (χ1v) is 2.64. The van der Waals surface area contributed by atoms with Gasteiger partial charge in [0.25, 0.3) is 0 Å². The Morgan fingerprint density at radius 3 is 0.857 bits per heavy atom. The molecule has 0 heterocycles. The summed E-state index contributed by atoms with van der Waals surface area (Å²) in [5.41, 5.74) is 0. The van der Waals surface area contributed by atoms with Crippen LogP contribution in [0.4, 0.5) is 0 Å². The van der Waals surface area contributed by atoms with Crippen molar-refractivity contribution in [3.63, 3.8) is 0 Å². The number of hydrogen-bond acceptors (Lipinski definition) is 0. The molecule has 1 heteroatoms. The van der Waals surface area contributed by atoms with E-state index in [1.807, 2.05) is 0 Å². The van der Waals surface area contributed by atoms with Gasteiger partial charge in [0.1, 0.15) is 0 Å². The normalized spacial score (nSPS) is 9.43. The summed E-state index contributed by atoms with van der Waals surface area (Å²) in [4.78, 5) is 0. The maximum atomic E-state index is 2.24. The van der Waals surface area contributed by atoms with Crippen LogP contribution < -0.4 is 0 Å². The monoisotopic (exact) mass is 158 g/mol. The van der Waals surface area contributed by atoms with Crippen LogP contribution in [0, 0.1) is 11.8 Å². The van der Waals surface area contributed by atoms with E-state index in [2.05, 4.69) is 27.7 Å². The fourth-order valence-corrected chi connectivity index (χ4v) is 0. The van der Waals surface area contributed by atoms with E-state index in [-0.39, 0.29) is 19.8 Å². The Morgan fingerprint density at radius 2 is 0.857 bits per heavy atom. The third kappa shape index (κ3) is 6.64. The van der Waals surface area contributed by atoms with E-state index in [0.29, 0.717) is 0 Å². The van der Waals surface area contributed by atoms with E-state index in [1.54, 1.807) is 0 Å². The molecule has 7 heavy (non-hydrogen) atoms. The summed E-state index contributed by atoms with van der Waals surface area (Å²) >= 11 is 0. The van der Waals surface area contributed by atoms with Crippen LogP contribution in [0.3, 0.4) is 0 Å². The molecule has 0 saturated heterocycles. The maximum absolute atomic E-state index is 2.24. The molecule has 0 aromatic rings. The van der Waals surface area contributed by atoms with E-state index in [9.17, 15) is 0 Å². The van der Waals surface area contributed by atoms with Gasteiger partial charge in [0.2, 0.25) is 0 Å². The molecule has 0 aliphatic heterocycles. The second-order valence-electron chi connectivity index (χ2n) is 2.49. The first kappa shape index (κ1) is 10.6. The van der Waals surface area contributed by atoms with Gasteiger partial charge in [-0.1, -0.05) is 27.7 Å². The second kappa shape index (κ2) is 4.79. The number of rotatable bonds is 1. The molecule has 0 N–H and O–H groups in total. The zero-order valence-electron chi connectivity index (χ0n) is 5.15. The van der Waals surface area contributed by atoms with E-state index in [0.717, 1.165) is 11.8 Å². The van der Waals surface area contributed by atoms with Gasteiger partial charge in [-0.15, -0.1) is 0 Å². The van der Waals surface area contributed by atoms with Crippen molar-refractivity contribution in [2.75, 3.05) is 0 Å². The Bertz CT molecular complexity index is 25.2. The summed E-state index contributed by atoms with van der Waals surface area (Å²) in [5, 5.41) is 0. The van der Waals surface area contributed by atoms with Gasteiger partial charge < -0.3 is 0 Å². The molecular formula is C6H17Ga. The summed E-state index contributed by atoms with van der Waals surface area (Å²) in [7, 11) is 0.